The van der Waals surface area contributed by atoms with Crippen LogP contribution in [-0.2, 0) is 4.74 Å². The highest BCUT2D eigenvalue weighted by atomic mass is 16.5. The van der Waals surface area contributed by atoms with E-state index in [2.05, 4.69) is 22.0 Å². The molecule has 0 saturated heterocycles. The van der Waals surface area contributed by atoms with Crippen LogP contribution in [-0.4, -0.2) is 34.4 Å². The van der Waals surface area contributed by atoms with Crippen molar-refractivity contribution in [2.24, 2.45) is 0 Å². The number of rotatable bonds is 6. The molecule has 0 unspecified atom stereocenters. The molecule has 0 aliphatic heterocycles. The predicted octanol–water partition coefficient (Wildman–Crippen LogP) is 1.73. The van der Waals surface area contributed by atoms with Gasteiger partial charge in [0.2, 0.25) is 0 Å². The molecule has 2 aromatic rings. The molecule has 17 heavy (non-hydrogen) atoms. The van der Waals surface area contributed by atoms with Crippen LogP contribution in [0.25, 0.3) is 5.65 Å². The zero-order valence-corrected chi connectivity index (χ0v) is 9.89. The molecule has 0 radical (unpaired) electrons. The average molecular weight is 232 g/mol. The van der Waals surface area contributed by atoms with Crippen LogP contribution >= 0.6 is 0 Å². The third kappa shape index (κ3) is 3.29. The Morgan fingerprint density at radius 1 is 1.53 bits per heavy atom. The van der Waals surface area contributed by atoms with Crippen LogP contribution < -0.4 is 5.32 Å². The van der Waals surface area contributed by atoms with Crippen molar-refractivity contribution in [3.05, 3.63) is 36.7 Å². The molecule has 90 valence electrons. The fourth-order valence-electron chi connectivity index (χ4n) is 1.41. The first-order valence-corrected chi connectivity index (χ1v) is 5.52. The molecule has 2 rings (SSSR count). The Kier molecular flexibility index (Phi) is 3.72. The maximum Gasteiger partial charge on any atom is 0.157 e. The van der Waals surface area contributed by atoms with Crippen molar-refractivity contribution >= 4 is 11.5 Å². The highest BCUT2D eigenvalue weighted by Gasteiger charge is 1.97. The van der Waals surface area contributed by atoms with Gasteiger partial charge in [-0.2, -0.15) is 5.10 Å². The minimum absolute atomic E-state index is 0.608. The summed E-state index contributed by atoms with van der Waals surface area (Å²) in [5.41, 5.74) is 1.86. The molecule has 1 N–H and O–H groups in total. The number of fused-ring (bicyclic) bond motifs is 1. The van der Waals surface area contributed by atoms with E-state index in [0.29, 0.717) is 13.2 Å². The Hall–Kier alpha value is -1.88. The number of ether oxygens (including phenoxy) is 1. The van der Waals surface area contributed by atoms with Crippen molar-refractivity contribution in [3.63, 3.8) is 0 Å². The van der Waals surface area contributed by atoms with E-state index in [-0.39, 0.29) is 0 Å². The molecule has 0 aliphatic carbocycles. The molecule has 5 heteroatoms. The Morgan fingerprint density at radius 2 is 2.41 bits per heavy atom. The highest BCUT2D eigenvalue weighted by molar-refractivity contribution is 5.45. The third-order valence-corrected chi connectivity index (χ3v) is 2.16. The lowest BCUT2D eigenvalue weighted by Crippen LogP contribution is -2.11. The Balaban J connectivity index is 1.80. The lowest BCUT2D eigenvalue weighted by atomic mass is 10.4. The molecule has 5 nitrogen and oxygen atoms in total. The van der Waals surface area contributed by atoms with Gasteiger partial charge >= 0.3 is 0 Å². The maximum absolute atomic E-state index is 5.38. The number of nitrogens with one attached hydrogen (secondary N) is 1. The van der Waals surface area contributed by atoms with Gasteiger partial charge in [0, 0.05) is 18.8 Å². The highest BCUT2D eigenvalue weighted by Crippen LogP contribution is 2.05. The van der Waals surface area contributed by atoms with Crippen LogP contribution in [0.5, 0.6) is 0 Å². The second-order valence-corrected chi connectivity index (χ2v) is 3.88. The summed E-state index contributed by atoms with van der Waals surface area (Å²) in [6, 6.07) is 3.75. The van der Waals surface area contributed by atoms with Gasteiger partial charge in [0.25, 0.3) is 0 Å². The summed E-state index contributed by atoms with van der Waals surface area (Å²) in [6.45, 7) is 7.69. The summed E-state index contributed by atoms with van der Waals surface area (Å²) in [7, 11) is 0. The van der Waals surface area contributed by atoms with E-state index in [1.165, 1.54) is 0 Å². The minimum atomic E-state index is 0.608. The van der Waals surface area contributed by atoms with Gasteiger partial charge in [-0.25, -0.2) is 9.50 Å². The molecule has 0 aliphatic rings. The first-order valence-electron chi connectivity index (χ1n) is 5.52. The molecule has 0 saturated carbocycles. The third-order valence-electron chi connectivity index (χ3n) is 2.16. The van der Waals surface area contributed by atoms with Crippen molar-refractivity contribution in [3.8, 4) is 0 Å². The van der Waals surface area contributed by atoms with Crippen LogP contribution in [0.3, 0.4) is 0 Å². The van der Waals surface area contributed by atoms with Gasteiger partial charge in [0.1, 0.15) is 5.82 Å². The number of aromatic nitrogens is 3. The molecule has 0 aromatic carbocycles. The lowest BCUT2D eigenvalue weighted by molar-refractivity contribution is 0.167. The molecule has 2 heterocycles. The largest absolute Gasteiger partial charge is 0.375 e. The summed E-state index contributed by atoms with van der Waals surface area (Å²) in [4.78, 5) is 4.38. The van der Waals surface area contributed by atoms with Crippen LogP contribution in [0.2, 0.25) is 0 Å². The SMILES string of the molecule is C=C(C)COCCNc1ccn2nccc2n1. The predicted molar refractivity (Wildman–Crippen MR) is 67.1 cm³/mol. The zero-order chi connectivity index (χ0) is 12.1. The molecule has 0 amide bonds. The van der Waals surface area contributed by atoms with Crippen molar-refractivity contribution in [2.45, 2.75) is 6.92 Å². The quantitative estimate of drug-likeness (QED) is 0.608. The van der Waals surface area contributed by atoms with Gasteiger partial charge < -0.3 is 10.1 Å². The summed E-state index contributed by atoms with van der Waals surface area (Å²) >= 11 is 0. The maximum atomic E-state index is 5.38. The van der Waals surface area contributed by atoms with Crippen molar-refractivity contribution in [1.29, 1.82) is 0 Å². The molecular formula is C12H16N4O. The fraction of sp³-hybridized carbons (Fsp3) is 0.333. The molecule has 0 bridgehead atoms. The first-order chi connectivity index (χ1) is 8.25. The van der Waals surface area contributed by atoms with Gasteiger partial charge in [-0.1, -0.05) is 12.2 Å². The van der Waals surface area contributed by atoms with Crippen LogP contribution in [0.1, 0.15) is 6.92 Å². The van der Waals surface area contributed by atoms with Crippen molar-refractivity contribution in [1.82, 2.24) is 14.6 Å². The van der Waals surface area contributed by atoms with Gasteiger partial charge in [0.05, 0.1) is 19.4 Å². The second kappa shape index (κ2) is 5.45. The van der Waals surface area contributed by atoms with Crippen LogP contribution in [0, 0.1) is 0 Å². The second-order valence-electron chi connectivity index (χ2n) is 3.88. The summed E-state index contributed by atoms with van der Waals surface area (Å²) in [5.74, 6) is 0.830. The van der Waals surface area contributed by atoms with E-state index >= 15 is 0 Å². The standard InChI is InChI=1S/C12H16N4O/c1-10(2)9-17-8-6-13-11-4-7-16-12(15-11)3-5-14-16/h3-5,7H,1,6,8-9H2,2H3,(H,13,15). The summed E-state index contributed by atoms with van der Waals surface area (Å²) < 4.78 is 7.11. The fourth-order valence-corrected chi connectivity index (χ4v) is 1.41. The van der Waals surface area contributed by atoms with Crippen molar-refractivity contribution < 1.29 is 4.74 Å². The monoisotopic (exact) mass is 232 g/mol. The van der Waals surface area contributed by atoms with Crippen LogP contribution in [0.4, 0.5) is 5.82 Å². The van der Waals surface area contributed by atoms with Crippen molar-refractivity contribution in [2.75, 3.05) is 25.1 Å². The first kappa shape index (κ1) is 11.6. The van der Waals surface area contributed by atoms with E-state index in [0.717, 1.165) is 23.6 Å². The number of nitrogens with zero attached hydrogens (tertiary/aromatic N) is 3. The van der Waals surface area contributed by atoms with Gasteiger partial charge in [-0.3, -0.25) is 0 Å². The zero-order valence-electron chi connectivity index (χ0n) is 9.89. The number of hydrogen-bond acceptors (Lipinski definition) is 4. The lowest BCUT2D eigenvalue weighted by Gasteiger charge is -2.06. The summed E-state index contributed by atoms with van der Waals surface area (Å²) in [6.07, 6.45) is 3.60. The van der Waals surface area contributed by atoms with E-state index in [4.69, 9.17) is 4.74 Å². The molecular weight excluding hydrogens is 216 g/mol. The molecule has 0 atom stereocenters. The summed E-state index contributed by atoms with van der Waals surface area (Å²) in [5, 5.41) is 7.27. The Morgan fingerprint density at radius 3 is 3.24 bits per heavy atom. The van der Waals surface area contributed by atoms with Crippen LogP contribution in [0.15, 0.2) is 36.7 Å². The molecule has 2 aromatic heterocycles. The minimum Gasteiger partial charge on any atom is -0.375 e. The van der Waals surface area contributed by atoms with E-state index < -0.39 is 0 Å². The topological polar surface area (TPSA) is 51.5 Å². The number of anilines is 1. The van der Waals surface area contributed by atoms with E-state index in [9.17, 15) is 0 Å². The molecule has 0 spiro atoms. The molecule has 0 fully saturated rings. The average Bonchev–Trinajstić information content (AvgIpc) is 2.75. The van der Waals surface area contributed by atoms with E-state index in [1.807, 2.05) is 25.3 Å². The van der Waals surface area contributed by atoms with E-state index in [1.54, 1.807) is 10.7 Å². The van der Waals surface area contributed by atoms with Gasteiger partial charge in [0.15, 0.2) is 5.65 Å². The Labute approximate surface area is 100 Å². The normalized spacial score (nSPS) is 10.6. The smallest absolute Gasteiger partial charge is 0.157 e. The number of hydrogen-bond donors (Lipinski definition) is 1. The van der Waals surface area contributed by atoms with Gasteiger partial charge in [-0.05, 0) is 13.0 Å². The Bertz CT molecular complexity index is 506. The van der Waals surface area contributed by atoms with Gasteiger partial charge in [-0.15, -0.1) is 0 Å².